The highest BCUT2D eigenvalue weighted by atomic mass is 32.2. The molecule has 2 aromatic rings. The lowest BCUT2D eigenvalue weighted by Crippen LogP contribution is -2.11. The highest BCUT2D eigenvalue weighted by Crippen LogP contribution is 2.29. The van der Waals surface area contributed by atoms with Gasteiger partial charge in [-0.25, -0.2) is 8.42 Å². The number of rotatable bonds is 3. The van der Waals surface area contributed by atoms with Crippen LogP contribution in [-0.4, -0.2) is 8.42 Å². The molecule has 0 aliphatic rings. The van der Waals surface area contributed by atoms with Crippen molar-refractivity contribution < 1.29 is 8.42 Å². The molecular weight excluding hydrogens is 244 g/mol. The summed E-state index contributed by atoms with van der Waals surface area (Å²) < 4.78 is 25.1. The van der Waals surface area contributed by atoms with E-state index >= 15 is 0 Å². The fraction of sp³-hybridized carbons (Fsp3) is 0.200. The molecule has 1 unspecified atom stereocenters. The molecule has 2 nitrogen and oxygen atoms in total. The quantitative estimate of drug-likeness (QED) is 0.846. The van der Waals surface area contributed by atoms with Gasteiger partial charge in [0.2, 0.25) is 0 Å². The minimum absolute atomic E-state index is 0.418. The number of aryl methyl sites for hydroxylation is 1. The van der Waals surface area contributed by atoms with Crippen LogP contribution in [0.15, 0.2) is 59.5 Å². The SMILES string of the molecule is Cc1ccccc1S(=O)(=O)C(C)c1ccccc1. The molecule has 0 radical (unpaired) electrons. The van der Waals surface area contributed by atoms with Crippen LogP contribution in [-0.2, 0) is 9.84 Å². The van der Waals surface area contributed by atoms with Gasteiger partial charge in [0.1, 0.15) is 0 Å². The molecule has 0 heterocycles. The Morgan fingerprint density at radius 1 is 0.889 bits per heavy atom. The molecule has 1 atom stereocenters. The second-order valence-electron chi connectivity index (χ2n) is 4.36. The van der Waals surface area contributed by atoms with Crippen molar-refractivity contribution in [1.82, 2.24) is 0 Å². The standard InChI is InChI=1S/C15H16O2S/c1-12-8-6-7-11-15(12)18(16,17)13(2)14-9-4-3-5-10-14/h3-11,13H,1-2H3. The molecule has 0 fully saturated rings. The molecule has 18 heavy (non-hydrogen) atoms. The third kappa shape index (κ3) is 2.31. The zero-order valence-corrected chi connectivity index (χ0v) is 11.3. The summed E-state index contributed by atoms with van der Waals surface area (Å²) in [4.78, 5) is 0.418. The lowest BCUT2D eigenvalue weighted by Gasteiger charge is -2.15. The van der Waals surface area contributed by atoms with Gasteiger partial charge in [-0.05, 0) is 31.0 Å². The van der Waals surface area contributed by atoms with Crippen molar-refractivity contribution in [2.45, 2.75) is 24.0 Å². The van der Waals surface area contributed by atoms with Gasteiger partial charge in [-0.15, -0.1) is 0 Å². The van der Waals surface area contributed by atoms with E-state index in [1.807, 2.05) is 49.4 Å². The molecule has 0 aliphatic heterocycles. The van der Waals surface area contributed by atoms with Gasteiger partial charge in [0.05, 0.1) is 10.1 Å². The summed E-state index contributed by atoms with van der Waals surface area (Å²) in [5, 5.41) is -0.528. The molecule has 0 aromatic heterocycles. The first-order valence-electron chi connectivity index (χ1n) is 5.88. The first-order chi connectivity index (χ1) is 8.53. The van der Waals surface area contributed by atoms with Crippen LogP contribution in [0.2, 0.25) is 0 Å². The van der Waals surface area contributed by atoms with Gasteiger partial charge in [-0.1, -0.05) is 48.5 Å². The zero-order valence-electron chi connectivity index (χ0n) is 10.5. The third-order valence-electron chi connectivity index (χ3n) is 3.13. The predicted molar refractivity (Wildman–Crippen MR) is 73.2 cm³/mol. The second-order valence-corrected chi connectivity index (χ2v) is 6.60. The average Bonchev–Trinajstić information content (AvgIpc) is 2.39. The van der Waals surface area contributed by atoms with Crippen LogP contribution in [0.1, 0.15) is 23.3 Å². The highest BCUT2D eigenvalue weighted by Gasteiger charge is 2.25. The van der Waals surface area contributed by atoms with E-state index in [9.17, 15) is 8.42 Å². The molecule has 2 rings (SSSR count). The zero-order chi connectivity index (χ0) is 13.2. The largest absolute Gasteiger partial charge is 0.223 e. The Morgan fingerprint density at radius 2 is 1.44 bits per heavy atom. The van der Waals surface area contributed by atoms with E-state index in [0.29, 0.717) is 4.90 Å². The monoisotopic (exact) mass is 260 g/mol. The fourth-order valence-corrected chi connectivity index (χ4v) is 3.65. The molecule has 0 aliphatic carbocycles. The molecule has 2 aromatic carbocycles. The van der Waals surface area contributed by atoms with Crippen LogP contribution in [0.5, 0.6) is 0 Å². The van der Waals surface area contributed by atoms with E-state index in [1.165, 1.54) is 0 Å². The first kappa shape index (κ1) is 12.8. The van der Waals surface area contributed by atoms with Gasteiger partial charge in [0.25, 0.3) is 0 Å². The van der Waals surface area contributed by atoms with Gasteiger partial charge >= 0.3 is 0 Å². The molecule has 0 amide bonds. The summed E-state index contributed by atoms with van der Waals surface area (Å²) in [5.74, 6) is 0. The molecule has 0 saturated carbocycles. The normalized spacial score (nSPS) is 13.2. The Hall–Kier alpha value is -1.61. The molecular formula is C15H16O2S. The van der Waals surface area contributed by atoms with Crippen LogP contribution in [0, 0.1) is 6.92 Å². The summed E-state index contributed by atoms with van der Waals surface area (Å²) in [6, 6.07) is 16.4. The van der Waals surface area contributed by atoms with E-state index < -0.39 is 15.1 Å². The topological polar surface area (TPSA) is 34.1 Å². The number of benzene rings is 2. The first-order valence-corrected chi connectivity index (χ1v) is 7.42. The maximum atomic E-state index is 12.6. The van der Waals surface area contributed by atoms with Crippen molar-refractivity contribution in [2.24, 2.45) is 0 Å². The summed E-state index contributed by atoms with van der Waals surface area (Å²) in [6.07, 6.45) is 0. The molecule has 0 spiro atoms. The highest BCUT2D eigenvalue weighted by molar-refractivity contribution is 7.91. The Bertz CT molecular complexity index is 631. The van der Waals surface area contributed by atoms with Crippen LogP contribution in [0.4, 0.5) is 0 Å². The Labute approximate surface area is 108 Å². The van der Waals surface area contributed by atoms with Crippen molar-refractivity contribution >= 4 is 9.84 Å². The van der Waals surface area contributed by atoms with E-state index in [0.717, 1.165) is 11.1 Å². The van der Waals surface area contributed by atoms with Crippen LogP contribution >= 0.6 is 0 Å². The molecule has 94 valence electrons. The molecule has 0 bridgehead atoms. The van der Waals surface area contributed by atoms with Crippen molar-refractivity contribution in [3.05, 3.63) is 65.7 Å². The van der Waals surface area contributed by atoms with Crippen LogP contribution in [0.3, 0.4) is 0 Å². The summed E-state index contributed by atoms with van der Waals surface area (Å²) in [6.45, 7) is 3.56. The maximum absolute atomic E-state index is 12.6. The van der Waals surface area contributed by atoms with Crippen LogP contribution in [0.25, 0.3) is 0 Å². The maximum Gasteiger partial charge on any atom is 0.185 e. The van der Waals surface area contributed by atoms with Crippen molar-refractivity contribution in [2.75, 3.05) is 0 Å². The Kier molecular flexibility index (Phi) is 3.53. The second kappa shape index (κ2) is 4.94. The Morgan fingerprint density at radius 3 is 2.06 bits per heavy atom. The van der Waals surface area contributed by atoms with E-state index in [1.54, 1.807) is 19.1 Å². The van der Waals surface area contributed by atoms with Gasteiger partial charge in [-0.3, -0.25) is 0 Å². The van der Waals surface area contributed by atoms with E-state index in [-0.39, 0.29) is 0 Å². The Balaban J connectivity index is 2.48. The lowest BCUT2D eigenvalue weighted by atomic mass is 10.2. The van der Waals surface area contributed by atoms with Crippen molar-refractivity contribution in [1.29, 1.82) is 0 Å². The third-order valence-corrected chi connectivity index (χ3v) is 5.41. The van der Waals surface area contributed by atoms with Gasteiger partial charge in [0.15, 0.2) is 9.84 Å². The van der Waals surface area contributed by atoms with Gasteiger partial charge in [0, 0.05) is 0 Å². The summed E-state index contributed by atoms with van der Waals surface area (Å²) >= 11 is 0. The minimum Gasteiger partial charge on any atom is -0.223 e. The average molecular weight is 260 g/mol. The van der Waals surface area contributed by atoms with Crippen molar-refractivity contribution in [3.8, 4) is 0 Å². The molecule has 3 heteroatoms. The molecule has 0 N–H and O–H groups in total. The van der Waals surface area contributed by atoms with E-state index in [2.05, 4.69) is 0 Å². The van der Waals surface area contributed by atoms with Gasteiger partial charge < -0.3 is 0 Å². The lowest BCUT2D eigenvalue weighted by molar-refractivity contribution is 0.585. The summed E-state index contributed by atoms with van der Waals surface area (Å²) in [7, 11) is -3.32. The van der Waals surface area contributed by atoms with Gasteiger partial charge in [-0.2, -0.15) is 0 Å². The summed E-state index contributed by atoms with van der Waals surface area (Å²) in [5.41, 5.74) is 1.61. The minimum atomic E-state index is -3.32. The number of sulfone groups is 1. The number of hydrogen-bond donors (Lipinski definition) is 0. The smallest absolute Gasteiger partial charge is 0.185 e. The fourth-order valence-electron chi connectivity index (χ4n) is 1.97. The molecule has 0 saturated heterocycles. The van der Waals surface area contributed by atoms with Crippen LogP contribution < -0.4 is 0 Å². The van der Waals surface area contributed by atoms with E-state index in [4.69, 9.17) is 0 Å². The number of hydrogen-bond acceptors (Lipinski definition) is 2. The predicted octanol–water partition coefficient (Wildman–Crippen LogP) is 3.53. The van der Waals surface area contributed by atoms with Crippen molar-refractivity contribution in [3.63, 3.8) is 0 Å².